The van der Waals surface area contributed by atoms with Crippen molar-refractivity contribution in [2.45, 2.75) is 0 Å². The van der Waals surface area contributed by atoms with E-state index in [1.54, 1.807) is 0 Å². The number of aromatic hydroxyl groups is 2. The van der Waals surface area contributed by atoms with Gasteiger partial charge in [-0.3, -0.25) is 30.4 Å². The smallest absolute Gasteiger partial charge is 0.300 e. The van der Waals surface area contributed by atoms with Gasteiger partial charge in [-0.05, 0) is 36.5 Å². The summed E-state index contributed by atoms with van der Waals surface area (Å²) >= 11 is 6.01. The Hall–Kier alpha value is -3.71. The van der Waals surface area contributed by atoms with Crippen molar-refractivity contribution >= 4 is 57.3 Å². The molecule has 0 spiro atoms. The fourth-order valence-corrected chi connectivity index (χ4v) is 3.53. The number of amides is 1. The average molecular weight is 434 g/mol. The first kappa shape index (κ1) is 20.0. The number of phenolic OH excluding ortho intramolecular Hbond substituents is 2. The first-order valence-corrected chi connectivity index (χ1v) is 8.89. The molecule has 148 valence electrons. The third-order valence-electron chi connectivity index (χ3n) is 3.72. The first-order chi connectivity index (χ1) is 13.7. The summed E-state index contributed by atoms with van der Waals surface area (Å²) in [6.07, 6.45) is 1.35. The normalized spacial score (nSPS) is 15.0. The number of rotatable bonds is 5. The molecule has 1 aliphatic heterocycles. The van der Waals surface area contributed by atoms with Crippen molar-refractivity contribution < 1.29 is 24.9 Å². The number of phenols is 2. The van der Waals surface area contributed by atoms with Crippen LogP contribution in [0.4, 0.5) is 17.1 Å². The van der Waals surface area contributed by atoms with E-state index in [2.05, 4.69) is 5.43 Å². The van der Waals surface area contributed by atoms with Crippen LogP contribution in [0.2, 0.25) is 0 Å². The SMILES string of the molecule is O=C1/C(=C\c2ccc(O)cc2O)SC(=S)N1Nc1ccc([N+](=O)[O-])cc1[N+](=O)[O-]. The van der Waals surface area contributed by atoms with Crippen LogP contribution in [0.1, 0.15) is 5.56 Å². The van der Waals surface area contributed by atoms with Gasteiger partial charge >= 0.3 is 5.69 Å². The van der Waals surface area contributed by atoms with E-state index in [4.69, 9.17) is 12.2 Å². The molecule has 1 fully saturated rings. The number of thioether (sulfide) groups is 1. The minimum atomic E-state index is -0.822. The van der Waals surface area contributed by atoms with Gasteiger partial charge in [-0.1, -0.05) is 11.8 Å². The van der Waals surface area contributed by atoms with Gasteiger partial charge in [-0.15, -0.1) is 0 Å². The molecule has 0 bridgehead atoms. The number of nitro groups is 2. The summed E-state index contributed by atoms with van der Waals surface area (Å²) in [5, 5.41) is 42.2. The van der Waals surface area contributed by atoms with Crippen LogP contribution in [0, 0.1) is 20.2 Å². The molecular formula is C16H10N4O7S2. The van der Waals surface area contributed by atoms with Crippen LogP contribution in [0.25, 0.3) is 6.08 Å². The van der Waals surface area contributed by atoms with Gasteiger partial charge in [0, 0.05) is 17.7 Å². The molecule has 3 N–H and O–H groups in total. The number of nitrogens with zero attached hydrogens (tertiary/aromatic N) is 3. The second-order valence-corrected chi connectivity index (χ2v) is 7.26. The summed E-state index contributed by atoms with van der Waals surface area (Å²) in [6.45, 7) is 0. The number of thiocarbonyl (C=S) groups is 1. The summed E-state index contributed by atoms with van der Waals surface area (Å²) in [5.41, 5.74) is 1.52. The highest BCUT2D eigenvalue weighted by Crippen LogP contribution is 2.36. The van der Waals surface area contributed by atoms with Crippen LogP contribution in [0.5, 0.6) is 11.5 Å². The van der Waals surface area contributed by atoms with Gasteiger partial charge in [0.2, 0.25) is 0 Å². The maximum Gasteiger partial charge on any atom is 0.300 e. The molecule has 1 heterocycles. The van der Waals surface area contributed by atoms with Gasteiger partial charge in [-0.2, -0.15) is 0 Å². The maximum absolute atomic E-state index is 12.6. The Morgan fingerprint density at radius 2 is 1.83 bits per heavy atom. The molecule has 0 radical (unpaired) electrons. The highest BCUT2D eigenvalue weighted by molar-refractivity contribution is 8.26. The number of nitrogens with one attached hydrogen (secondary N) is 1. The van der Waals surface area contributed by atoms with E-state index in [1.807, 2.05) is 0 Å². The molecule has 1 amide bonds. The maximum atomic E-state index is 12.6. The number of nitro benzene ring substituents is 2. The van der Waals surface area contributed by atoms with Crippen LogP contribution in [0.3, 0.4) is 0 Å². The van der Waals surface area contributed by atoms with E-state index in [0.29, 0.717) is 0 Å². The molecule has 1 aliphatic rings. The van der Waals surface area contributed by atoms with Crippen molar-refractivity contribution in [1.82, 2.24) is 5.01 Å². The van der Waals surface area contributed by atoms with Crippen LogP contribution in [0.15, 0.2) is 41.3 Å². The lowest BCUT2D eigenvalue weighted by molar-refractivity contribution is -0.393. The Morgan fingerprint density at radius 1 is 1.10 bits per heavy atom. The van der Waals surface area contributed by atoms with Crippen LogP contribution in [-0.2, 0) is 4.79 Å². The molecule has 0 aliphatic carbocycles. The number of carbonyl (C=O) groups excluding carboxylic acids is 1. The highest BCUT2D eigenvalue weighted by atomic mass is 32.2. The molecule has 0 saturated carbocycles. The predicted octanol–water partition coefficient (Wildman–Crippen LogP) is 3.14. The lowest BCUT2D eigenvalue weighted by atomic mass is 10.1. The van der Waals surface area contributed by atoms with E-state index >= 15 is 0 Å². The largest absolute Gasteiger partial charge is 0.508 e. The van der Waals surface area contributed by atoms with Crippen molar-refractivity contribution in [2.24, 2.45) is 0 Å². The number of hydrogen-bond donors (Lipinski definition) is 3. The minimum absolute atomic E-state index is 0.0344. The zero-order chi connectivity index (χ0) is 21.3. The summed E-state index contributed by atoms with van der Waals surface area (Å²) in [4.78, 5) is 33.2. The third-order valence-corrected chi connectivity index (χ3v) is 5.02. The molecule has 13 heteroatoms. The number of anilines is 1. The quantitative estimate of drug-likeness (QED) is 0.276. The van der Waals surface area contributed by atoms with E-state index in [0.717, 1.165) is 41.0 Å². The van der Waals surface area contributed by atoms with E-state index in [9.17, 15) is 35.2 Å². The van der Waals surface area contributed by atoms with Crippen LogP contribution in [-0.4, -0.2) is 35.3 Å². The molecule has 1 saturated heterocycles. The Morgan fingerprint density at radius 3 is 2.45 bits per heavy atom. The van der Waals surface area contributed by atoms with Gasteiger partial charge in [0.1, 0.15) is 17.2 Å². The van der Waals surface area contributed by atoms with Crippen molar-refractivity contribution in [3.05, 3.63) is 67.1 Å². The monoisotopic (exact) mass is 434 g/mol. The van der Waals surface area contributed by atoms with Gasteiger partial charge < -0.3 is 10.2 Å². The molecule has 0 unspecified atom stereocenters. The Kier molecular flexibility index (Phi) is 5.34. The molecule has 29 heavy (non-hydrogen) atoms. The number of hydrazine groups is 1. The zero-order valence-corrected chi connectivity index (χ0v) is 15.8. The molecule has 0 atom stereocenters. The van der Waals surface area contributed by atoms with E-state index in [1.165, 1.54) is 18.2 Å². The second-order valence-electron chi connectivity index (χ2n) is 5.59. The summed E-state index contributed by atoms with van der Waals surface area (Å²) in [6, 6.07) is 6.74. The molecule has 0 aromatic heterocycles. The number of hydrogen-bond acceptors (Lipinski definition) is 10. The summed E-state index contributed by atoms with van der Waals surface area (Å²) in [7, 11) is 0. The topological polar surface area (TPSA) is 159 Å². The molecule has 11 nitrogen and oxygen atoms in total. The predicted molar refractivity (Wildman–Crippen MR) is 108 cm³/mol. The highest BCUT2D eigenvalue weighted by Gasteiger charge is 2.34. The summed E-state index contributed by atoms with van der Waals surface area (Å²) in [5.74, 6) is -1.05. The molecular weight excluding hydrogens is 424 g/mol. The van der Waals surface area contributed by atoms with Gasteiger partial charge in [0.05, 0.1) is 20.8 Å². The van der Waals surface area contributed by atoms with Crippen molar-refractivity contribution in [2.75, 3.05) is 5.43 Å². The minimum Gasteiger partial charge on any atom is -0.508 e. The van der Waals surface area contributed by atoms with Crippen LogP contribution >= 0.6 is 24.0 Å². The average Bonchev–Trinajstić information content (AvgIpc) is 2.91. The molecule has 3 rings (SSSR count). The zero-order valence-electron chi connectivity index (χ0n) is 14.1. The van der Waals surface area contributed by atoms with E-state index < -0.39 is 27.1 Å². The molecule has 2 aromatic rings. The van der Waals surface area contributed by atoms with Crippen molar-refractivity contribution in [1.29, 1.82) is 0 Å². The Bertz CT molecular complexity index is 1100. The van der Waals surface area contributed by atoms with E-state index in [-0.39, 0.29) is 32.0 Å². The molecule has 2 aromatic carbocycles. The van der Waals surface area contributed by atoms with Gasteiger partial charge in [-0.25, -0.2) is 5.01 Å². The van der Waals surface area contributed by atoms with Gasteiger partial charge in [0.15, 0.2) is 4.32 Å². The number of non-ortho nitro benzene ring substituents is 1. The lowest BCUT2D eigenvalue weighted by Gasteiger charge is -2.16. The third kappa shape index (κ3) is 4.09. The lowest BCUT2D eigenvalue weighted by Crippen LogP contribution is -2.34. The fourth-order valence-electron chi connectivity index (χ4n) is 2.36. The number of carbonyl (C=O) groups is 1. The summed E-state index contributed by atoms with van der Waals surface area (Å²) < 4.78 is 0.0344. The number of benzene rings is 2. The first-order valence-electron chi connectivity index (χ1n) is 7.67. The van der Waals surface area contributed by atoms with Crippen LogP contribution < -0.4 is 5.43 Å². The second kappa shape index (κ2) is 7.73. The van der Waals surface area contributed by atoms with Crippen molar-refractivity contribution in [3.8, 4) is 11.5 Å². The fraction of sp³-hybridized carbons (Fsp3) is 0. The Balaban J connectivity index is 1.90. The Labute approximate surface area is 171 Å². The van der Waals surface area contributed by atoms with Gasteiger partial charge in [0.25, 0.3) is 11.6 Å². The van der Waals surface area contributed by atoms with Crippen molar-refractivity contribution in [3.63, 3.8) is 0 Å². The standard InChI is InChI=1S/C16H10N4O7S2/c21-10-3-1-8(13(22)7-10)5-14-15(23)18(16(28)29-14)17-11-4-2-9(19(24)25)6-12(11)20(26)27/h1-7,17,21-22H/b14-5+.